The summed E-state index contributed by atoms with van der Waals surface area (Å²) in [6.45, 7) is 4.31. The number of carbonyl (C=O) groups excluding carboxylic acids is 1. The Kier molecular flexibility index (Phi) is 4.81. The van der Waals surface area contributed by atoms with Crippen molar-refractivity contribution in [3.05, 3.63) is 53.5 Å². The molecule has 3 rings (SSSR count). The van der Waals surface area contributed by atoms with E-state index in [0.29, 0.717) is 22.6 Å². The lowest BCUT2D eigenvalue weighted by molar-refractivity contribution is 0.0600. The highest BCUT2D eigenvalue weighted by molar-refractivity contribution is 5.94. The molecule has 4 nitrogen and oxygen atoms in total. The summed E-state index contributed by atoms with van der Waals surface area (Å²) >= 11 is 0. The van der Waals surface area contributed by atoms with Gasteiger partial charge >= 0.3 is 5.97 Å². The first kappa shape index (κ1) is 18.1. The normalized spacial score (nSPS) is 15.5. The molecule has 0 saturated heterocycles. The number of carbonyl (C=O) groups is 1. The van der Waals surface area contributed by atoms with Gasteiger partial charge in [0.15, 0.2) is 0 Å². The van der Waals surface area contributed by atoms with Crippen LogP contribution in [0.3, 0.4) is 0 Å². The second-order valence-corrected chi connectivity index (χ2v) is 7.00. The van der Waals surface area contributed by atoms with Gasteiger partial charge in [0.05, 0.1) is 26.0 Å². The number of halogens is 1. The summed E-state index contributed by atoms with van der Waals surface area (Å²) in [5.74, 6) is -0.514. The van der Waals surface area contributed by atoms with E-state index in [0.717, 1.165) is 30.2 Å². The van der Waals surface area contributed by atoms with Gasteiger partial charge in [-0.05, 0) is 47.1 Å². The Balaban J connectivity index is 2.24. The average molecular weight is 355 g/mol. The lowest BCUT2D eigenvalue weighted by Crippen LogP contribution is -2.11. The summed E-state index contributed by atoms with van der Waals surface area (Å²) in [4.78, 5) is 15.9. The van der Waals surface area contributed by atoms with Crippen molar-refractivity contribution in [3.8, 4) is 17.0 Å². The van der Waals surface area contributed by atoms with E-state index in [1.54, 1.807) is 24.3 Å². The summed E-state index contributed by atoms with van der Waals surface area (Å²) in [6, 6.07) is 6.77. The molecule has 0 radical (unpaired) electrons. The lowest BCUT2D eigenvalue weighted by atomic mass is 9.79. The SMILES string of the molecule is COC(=O)c1ccc(-c2cc(OC)ncc2F)c(C2=CCCC2(C)C)c1. The van der Waals surface area contributed by atoms with Crippen LogP contribution < -0.4 is 4.74 Å². The average Bonchev–Trinajstić information content (AvgIpc) is 3.00. The van der Waals surface area contributed by atoms with Gasteiger partial charge in [0.25, 0.3) is 0 Å². The van der Waals surface area contributed by atoms with Crippen molar-refractivity contribution in [3.63, 3.8) is 0 Å². The molecule has 0 atom stereocenters. The third-order valence-corrected chi connectivity index (χ3v) is 4.91. The Morgan fingerprint density at radius 3 is 2.54 bits per heavy atom. The molecular weight excluding hydrogens is 333 g/mol. The number of hydrogen-bond acceptors (Lipinski definition) is 4. The molecule has 0 N–H and O–H groups in total. The minimum Gasteiger partial charge on any atom is -0.481 e. The standard InChI is InChI=1S/C21H22FNO3/c1-21(2)9-5-6-17(21)15-10-13(20(24)26-4)7-8-14(15)16-11-19(25-3)23-12-18(16)22/h6-8,10-12H,5,9H2,1-4H3. The van der Waals surface area contributed by atoms with Gasteiger partial charge in [-0.1, -0.05) is 26.0 Å². The maximum atomic E-state index is 14.5. The summed E-state index contributed by atoms with van der Waals surface area (Å²) < 4.78 is 24.5. The first-order chi connectivity index (χ1) is 12.4. The van der Waals surface area contributed by atoms with Gasteiger partial charge in [-0.15, -0.1) is 0 Å². The lowest BCUT2D eigenvalue weighted by Gasteiger charge is -2.25. The molecule has 26 heavy (non-hydrogen) atoms. The van der Waals surface area contributed by atoms with Crippen LogP contribution in [0.4, 0.5) is 4.39 Å². The van der Waals surface area contributed by atoms with Crippen LogP contribution in [-0.4, -0.2) is 25.2 Å². The molecule has 1 heterocycles. The molecule has 0 saturated carbocycles. The number of hydrogen-bond donors (Lipinski definition) is 0. The fourth-order valence-electron chi connectivity index (χ4n) is 3.45. The van der Waals surface area contributed by atoms with Crippen LogP contribution in [0.5, 0.6) is 5.88 Å². The first-order valence-electron chi connectivity index (χ1n) is 8.50. The van der Waals surface area contributed by atoms with Crippen LogP contribution in [-0.2, 0) is 4.74 Å². The number of aromatic nitrogens is 1. The van der Waals surface area contributed by atoms with Gasteiger partial charge < -0.3 is 9.47 Å². The number of pyridine rings is 1. The number of ether oxygens (including phenoxy) is 2. The van der Waals surface area contributed by atoms with Gasteiger partial charge in [0, 0.05) is 11.6 Å². The van der Waals surface area contributed by atoms with E-state index in [1.165, 1.54) is 14.2 Å². The Bertz CT molecular complexity index is 887. The number of benzene rings is 1. The Hall–Kier alpha value is -2.69. The molecule has 0 unspecified atom stereocenters. The van der Waals surface area contributed by atoms with Crippen molar-refractivity contribution in [2.45, 2.75) is 26.7 Å². The Labute approximate surface area is 152 Å². The van der Waals surface area contributed by atoms with Crippen molar-refractivity contribution in [2.75, 3.05) is 14.2 Å². The molecule has 2 aromatic rings. The summed E-state index contributed by atoms with van der Waals surface area (Å²) in [5, 5.41) is 0. The zero-order valence-electron chi connectivity index (χ0n) is 15.4. The third-order valence-electron chi connectivity index (χ3n) is 4.91. The predicted octanol–water partition coefficient (Wildman–Crippen LogP) is 4.89. The zero-order chi connectivity index (χ0) is 18.9. The van der Waals surface area contributed by atoms with Crippen molar-refractivity contribution in [2.24, 2.45) is 5.41 Å². The Morgan fingerprint density at radius 1 is 1.15 bits per heavy atom. The van der Waals surface area contributed by atoms with Crippen LogP contribution in [0.25, 0.3) is 16.7 Å². The van der Waals surface area contributed by atoms with Gasteiger partial charge in [-0.25, -0.2) is 14.2 Å². The maximum Gasteiger partial charge on any atom is 0.337 e. The topological polar surface area (TPSA) is 48.4 Å². The van der Waals surface area contributed by atoms with E-state index in [9.17, 15) is 9.18 Å². The molecule has 136 valence electrons. The maximum absolute atomic E-state index is 14.5. The number of esters is 1. The van der Waals surface area contributed by atoms with Crippen molar-refractivity contribution in [1.29, 1.82) is 0 Å². The minimum atomic E-state index is -0.436. The van der Waals surface area contributed by atoms with E-state index in [2.05, 4.69) is 24.9 Å². The zero-order valence-corrected chi connectivity index (χ0v) is 15.4. The molecule has 0 aliphatic heterocycles. The quantitative estimate of drug-likeness (QED) is 0.733. The Morgan fingerprint density at radius 2 is 1.92 bits per heavy atom. The van der Waals surface area contributed by atoms with Crippen LogP contribution in [0.1, 0.15) is 42.6 Å². The number of methoxy groups -OCH3 is 2. The molecule has 1 aromatic carbocycles. The smallest absolute Gasteiger partial charge is 0.337 e. The number of allylic oxidation sites excluding steroid dienone is 2. The molecule has 1 aliphatic rings. The highest BCUT2D eigenvalue weighted by Crippen LogP contribution is 2.47. The number of rotatable bonds is 4. The van der Waals surface area contributed by atoms with Crippen molar-refractivity contribution in [1.82, 2.24) is 4.98 Å². The van der Waals surface area contributed by atoms with Gasteiger partial charge in [0.1, 0.15) is 5.82 Å². The largest absolute Gasteiger partial charge is 0.481 e. The monoisotopic (exact) mass is 355 g/mol. The molecule has 0 spiro atoms. The van der Waals surface area contributed by atoms with Gasteiger partial charge in [0.2, 0.25) is 5.88 Å². The predicted molar refractivity (Wildman–Crippen MR) is 98.5 cm³/mol. The van der Waals surface area contributed by atoms with E-state index < -0.39 is 11.8 Å². The molecule has 5 heteroatoms. The summed E-state index contributed by atoms with van der Waals surface area (Å²) in [7, 11) is 2.84. The minimum absolute atomic E-state index is 0.0584. The van der Waals surface area contributed by atoms with Crippen molar-refractivity contribution < 1.29 is 18.7 Å². The van der Waals surface area contributed by atoms with E-state index in [4.69, 9.17) is 9.47 Å². The van der Waals surface area contributed by atoms with Gasteiger partial charge in [-0.3, -0.25) is 0 Å². The highest BCUT2D eigenvalue weighted by Gasteiger charge is 2.31. The van der Waals surface area contributed by atoms with E-state index in [-0.39, 0.29) is 5.41 Å². The second-order valence-electron chi connectivity index (χ2n) is 7.00. The van der Waals surface area contributed by atoms with Crippen LogP contribution in [0, 0.1) is 11.2 Å². The summed E-state index contributed by atoms with van der Waals surface area (Å²) in [5.41, 5.74) is 3.42. The molecule has 1 aromatic heterocycles. The molecule has 0 amide bonds. The molecule has 0 fully saturated rings. The molecule has 1 aliphatic carbocycles. The fourth-order valence-corrected chi connectivity index (χ4v) is 3.45. The van der Waals surface area contributed by atoms with Crippen LogP contribution in [0.2, 0.25) is 0 Å². The number of nitrogens with zero attached hydrogens (tertiary/aromatic N) is 1. The van der Waals surface area contributed by atoms with Crippen LogP contribution in [0.15, 0.2) is 36.5 Å². The van der Waals surface area contributed by atoms with Crippen LogP contribution >= 0.6 is 0 Å². The highest BCUT2D eigenvalue weighted by atomic mass is 19.1. The second kappa shape index (κ2) is 6.90. The van der Waals surface area contributed by atoms with E-state index in [1.807, 2.05) is 0 Å². The molecule has 0 bridgehead atoms. The van der Waals surface area contributed by atoms with Crippen molar-refractivity contribution >= 4 is 11.5 Å². The first-order valence-corrected chi connectivity index (χ1v) is 8.50. The van der Waals surface area contributed by atoms with Gasteiger partial charge in [-0.2, -0.15) is 0 Å². The molecular formula is C21H22FNO3. The summed E-state index contributed by atoms with van der Waals surface area (Å²) in [6.07, 6.45) is 5.27. The fraction of sp³-hybridized carbons (Fsp3) is 0.333. The third kappa shape index (κ3) is 3.21. The van der Waals surface area contributed by atoms with E-state index >= 15 is 0 Å².